The summed E-state index contributed by atoms with van der Waals surface area (Å²) in [5.41, 5.74) is 0.753. The zero-order valence-corrected chi connectivity index (χ0v) is 21.3. The first-order valence-electron chi connectivity index (χ1n) is 11.0. The average Bonchev–Trinajstić information content (AvgIpc) is 2.98. The summed E-state index contributed by atoms with van der Waals surface area (Å²) in [6, 6.07) is 3.29. The predicted molar refractivity (Wildman–Crippen MR) is 126 cm³/mol. The number of amides is 1. The number of hydrogen-bond acceptors (Lipinski definition) is 3. The van der Waals surface area contributed by atoms with Crippen molar-refractivity contribution in [2.24, 2.45) is 5.92 Å². The lowest BCUT2D eigenvalue weighted by molar-refractivity contribution is -0.133. The van der Waals surface area contributed by atoms with Crippen LogP contribution < -0.4 is 0 Å². The number of phenolic OH excluding ortho intramolecular Hbond substituents is 1. The van der Waals surface area contributed by atoms with Crippen LogP contribution in [0.25, 0.3) is 0 Å². The third kappa shape index (κ3) is 5.17. The van der Waals surface area contributed by atoms with E-state index in [0.717, 1.165) is 44.2 Å². The van der Waals surface area contributed by atoms with Gasteiger partial charge < -0.3 is 14.4 Å². The Balaban J connectivity index is 1.56. The second-order valence-corrected chi connectivity index (χ2v) is 16.0. The topological polar surface area (TPSA) is 49.8 Å². The van der Waals surface area contributed by atoms with Gasteiger partial charge in [-0.05, 0) is 74.4 Å². The highest BCUT2D eigenvalue weighted by Gasteiger charge is 2.42. The van der Waals surface area contributed by atoms with Gasteiger partial charge in [0.1, 0.15) is 5.75 Å². The molecule has 0 unspecified atom stereocenters. The van der Waals surface area contributed by atoms with Crippen molar-refractivity contribution in [3.05, 3.63) is 27.7 Å². The summed E-state index contributed by atoms with van der Waals surface area (Å²) < 4.78 is 6.60. The Morgan fingerprint density at radius 3 is 2.20 bits per heavy atom. The van der Waals surface area contributed by atoms with Gasteiger partial charge in [-0.2, -0.15) is 0 Å². The summed E-state index contributed by atoms with van der Waals surface area (Å²) in [4.78, 5) is 15.2. The van der Waals surface area contributed by atoms with Crippen molar-refractivity contribution >= 4 is 37.4 Å². The molecular weight excluding hydrogens is 437 g/mol. The van der Waals surface area contributed by atoms with Crippen molar-refractivity contribution in [1.29, 1.82) is 0 Å². The normalized spacial score (nSPS) is 25.8. The molecule has 168 valence electrons. The van der Waals surface area contributed by atoms with Crippen molar-refractivity contribution in [2.75, 3.05) is 6.54 Å². The Hall–Kier alpha value is -0.753. The van der Waals surface area contributed by atoms with Crippen LogP contribution in [0, 0.1) is 5.92 Å². The van der Waals surface area contributed by atoms with Crippen LogP contribution in [0.1, 0.15) is 58.4 Å². The first-order chi connectivity index (χ1) is 13.9. The van der Waals surface area contributed by atoms with Crippen LogP contribution in [0.3, 0.4) is 0 Å². The van der Waals surface area contributed by atoms with Crippen LogP contribution in [-0.2, 0) is 15.6 Å². The minimum Gasteiger partial charge on any atom is -0.508 e. The van der Waals surface area contributed by atoms with E-state index in [4.69, 9.17) is 27.6 Å². The molecular formula is C23H35Cl2NO3Si. The van der Waals surface area contributed by atoms with E-state index in [1.54, 1.807) is 0 Å². The first kappa shape index (κ1) is 23.9. The smallest absolute Gasteiger partial charge is 0.226 e. The number of phenols is 1. The Kier molecular flexibility index (Phi) is 7.18. The van der Waals surface area contributed by atoms with Gasteiger partial charge in [-0.25, -0.2) is 0 Å². The molecule has 1 aromatic carbocycles. The molecule has 0 aromatic heterocycles. The van der Waals surface area contributed by atoms with E-state index < -0.39 is 8.32 Å². The number of halogens is 2. The molecule has 2 aliphatic rings. The molecule has 1 saturated heterocycles. The summed E-state index contributed by atoms with van der Waals surface area (Å²) in [5, 5.41) is 10.7. The molecule has 1 aliphatic carbocycles. The van der Waals surface area contributed by atoms with Crippen LogP contribution in [-0.4, -0.2) is 42.9 Å². The molecule has 0 radical (unpaired) electrons. The lowest BCUT2D eigenvalue weighted by Gasteiger charge is -2.42. The second kappa shape index (κ2) is 9.01. The number of carbonyl (C=O) groups is 1. The van der Waals surface area contributed by atoms with Gasteiger partial charge >= 0.3 is 0 Å². The molecule has 1 N–H and O–H groups in total. The maximum atomic E-state index is 13.1. The third-order valence-corrected chi connectivity index (χ3v) is 12.5. The summed E-state index contributed by atoms with van der Waals surface area (Å²) in [5.74, 6) is 0.166. The number of benzene rings is 1. The van der Waals surface area contributed by atoms with E-state index in [0.29, 0.717) is 28.6 Å². The summed E-state index contributed by atoms with van der Waals surface area (Å²) >= 11 is 12.5. The first-order valence-corrected chi connectivity index (χ1v) is 14.7. The fourth-order valence-electron chi connectivity index (χ4n) is 4.41. The molecule has 1 atom stereocenters. The maximum Gasteiger partial charge on any atom is 0.226 e. The lowest BCUT2D eigenvalue weighted by Crippen LogP contribution is -2.47. The Bertz CT molecular complexity index is 762. The zero-order valence-electron chi connectivity index (χ0n) is 18.8. The molecule has 7 heteroatoms. The monoisotopic (exact) mass is 471 g/mol. The zero-order chi connectivity index (χ0) is 22.3. The van der Waals surface area contributed by atoms with Crippen molar-refractivity contribution in [2.45, 2.75) is 89.6 Å². The van der Waals surface area contributed by atoms with Crippen molar-refractivity contribution in [3.63, 3.8) is 0 Å². The summed E-state index contributed by atoms with van der Waals surface area (Å²) in [6.07, 6.45) is 5.76. The largest absolute Gasteiger partial charge is 0.508 e. The van der Waals surface area contributed by atoms with Crippen LogP contribution in [0.15, 0.2) is 12.1 Å². The van der Waals surface area contributed by atoms with E-state index in [9.17, 15) is 9.90 Å². The SMILES string of the molecule is CC(C)(C)[Si](C)(C)O[C@H]1CC[C@H](N2CC[C@@H](Cc3c(Cl)cc(O)cc3Cl)C2=O)CC1. The van der Waals surface area contributed by atoms with Crippen LogP contribution in [0.5, 0.6) is 5.75 Å². The lowest BCUT2D eigenvalue weighted by atomic mass is 9.92. The number of nitrogens with zero attached hydrogens (tertiary/aromatic N) is 1. The summed E-state index contributed by atoms with van der Waals surface area (Å²) in [7, 11) is -1.75. The quantitative estimate of drug-likeness (QED) is 0.503. The third-order valence-electron chi connectivity index (χ3n) is 7.28. The maximum absolute atomic E-state index is 13.1. The minimum atomic E-state index is -1.75. The van der Waals surface area contributed by atoms with E-state index in [1.807, 2.05) is 0 Å². The molecule has 1 heterocycles. The molecule has 0 spiro atoms. The standard InChI is InChI=1S/C23H35Cl2NO3Si/c1-23(2,3)30(4,5)29-18-8-6-16(7-9-18)26-11-10-15(22(26)28)12-19-20(24)13-17(27)14-21(19)25/h13-16,18,27H,6-12H2,1-5H3/t15-,16-,18-/m0/s1. The number of rotatable bonds is 5. The molecule has 4 nitrogen and oxygen atoms in total. The van der Waals surface area contributed by atoms with E-state index >= 15 is 0 Å². The van der Waals surface area contributed by atoms with Crippen molar-refractivity contribution in [3.8, 4) is 5.75 Å². The van der Waals surface area contributed by atoms with Gasteiger partial charge in [-0.15, -0.1) is 0 Å². The molecule has 2 fully saturated rings. The Morgan fingerprint density at radius 1 is 1.10 bits per heavy atom. The van der Waals surface area contributed by atoms with Crippen LogP contribution in [0.4, 0.5) is 0 Å². The van der Waals surface area contributed by atoms with Crippen LogP contribution >= 0.6 is 23.2 Å². The molecule has 30 heavy (non-hydrogen) atoms. The highest BCUT2D eigenvalue weighted by atomic mass is 35.5. The number of likely N-dealkylation sites (tertiary alicyclic amines) is 1. The minimum absolute atomic E-state index is 0.0461. The van der Waals surface area contributed by atoms with Gasteiger partial charge in [0.2, 0.25) is 5.91 Å². The van der Waals surface area contributed by atoms with Gasteiger partial charge in [0.25, 0.3) is 0 Å². The fourth-order valence-corrected chi connectivity index (χ4v) is 6.47. The van der Waals surface area contributed by atoms with Gasteiger partial charge in [0.15, 0.2) is 8.32 Å². The highest BCUT2D eigenvalue weighted by Crippen LogP contribution is 2.40. The van der Waals surface area contributed by atoms with Crippen LogP contribution in [0.2, 0.25) is 28.2 Å². The van der Waals surface area contributed by atoms with Gasteiger partial charge in [-0.3, -0.25) is 4.79 Å². The number of hydrogen-bond donors (Lipinski definition) is 1. The number of aromatic hydroxyl groups is 1. The molecule has 1 saturated carbocycles. The molecule has 1 aromatic rings. The Morgan fingerprint density at radius 2 is 1.67 bits per heavy atom. The highest BCUT2D eigenvalue weighted by molar-refractivity contribution is 6.74. The van der Waals surface area contributed by atoms with Gasteiger partial charge in [-0.1, -0.05) is 44.0 Å². The number of carbonyl (C=O) groups excluding carboxylic acids is 1. The van der Waals surface area contributed by atoms with E-state index in [-0.39, 0.29) is 22.6 Å². The van der Waals surface area contributed by atoms with Crippen molar-refractivity contribution < 1.29 is 14.3 Å². The van der Waals surface area contributed by atoms with E-state index in [2.05, 4.69) is 38.8 Å². The molecule has 0 bridgehead atoms. The molecule has 1 amide bonds. The van der Waals surface area contributed by atoms with Crippen molar-refractivity contribution in [1.82, 2.24) is 4.90 Å². The molecule has 1 aliphatic heterocycles. The van der Waals surface area contributed by atoms with E-state index in [1.165, 1.54) is 12.1 Å². The van der Waals surface area contributed by atoms with Gasteiger partial charge in [0, 0.05) is 34.7 Å². The summed E-state index contributed by atoms with van der Waals surface area (Å²) in [6.45, 7) is 12.3. The fraction of sp³-hybridized carbons (Fsp3) is 0.696. The predicted octanol–water partition coefficient (Wildman–Crippen LogP) is 6.42. The second-order valence-electron chi connectivity index (χ2n) is 10.4. The molecule has 3 rings (SSSR count). The van der Waals surface area contributed by atoms with Gasteiger partial charge in [0.05, 0.1) is 0 Å². The average molecular weight is 473 g/mol. The Labute approximate surface area is 192 Å².